The number of hydrogen-bond acceptors (Lipinski definition) is 8. The molecule has 4 rings (SSSR count). The van der Waals surface area contributed by atoms with E-state index in [1.165, 1.54) is 6.33 Å². The van der Waals surface area contributed by atoms with Crippen molar-refractivity contribution in [1.29, 1.82) is 0 Å². The summed E-state index contributed by atoms with van der Waals surface area (Å²) in [5, 5.41) is 14.0. The van der Waals surface area contributed by atoms with Crippen molar-refractivity contribution in [2.75, 3.05) is 30.7 Å². The normalized spacial score (nSPS) is 17.9. The van der Waals surface area contributed by atoms with Gasteiger partial charge in [0.25, 0.3) is 0 Å². The largest absolute Gasteiger partial charge is 0.457 e. The van der Waals surface area contributed by atoms with Gasteiger partial charge in [0.05, 0.1) is 18.2 Å². The van der Waals surface area contributed by atoms with Crippen LogP contribution in [0.4, 0.5) is 16.4 Å². The van der Waals surface area contributed by atoms with Crippen molar-refractivity contribution in [2.45, 2.75) is 38.9 Å². The number of rotatable bonds is 6. The molecule has 9 nitrogen and oxygen atoms in total. The predicted octanol–water partition coefficient (Wildman–Crippen LogP) is 4.55. The number of nitrogen functional groups attached to an aromatic ring is 1. The molecule has 4 N–H and O–H groups in total. The van der Waals surface area contributed by atoms with Crippen molar-refractivity contribution in [3.63, 3.8) is 0 Å². The Bertz CT molecular complexity index is 1170. The van der Waals surface area contributed by atoms with Gasteiger partial charge in [0, 0.05) is 19.0 Å². The Balaban J connectivity index is 1.40. The van der Waals surface area contributed by atoms with Crippen molar-refractivity contribution in [2.24, 2.45) is 5.92 Å². The molecule has 0 spiro atoms. The molecule has 2 aromatic carbocycles. The molecule has 1 fully saturated rings. The molecule has 1 aliphatic rings. The average Bonchev–Trinajstić information content (AvgIpc) is 2.83. The van der Waals surface area contributed by atoms with E-state index in [1.807, 2.05) is 75.4 Å². The zero-order valence-electron chi connectivity index (χ0n) is 20.8. The highest BCUT2D eigenvalue weighted by atomic mass is 16.6. The Kier molecular flexibility index (Phi) is 7.59. The summed E-state index contributed by atoms with van der Waals surface area (Å²) in [6, 6.07) is 17.1. The molecule has 36 heavy (non-hydrogen) atoms. The van der Waals surface area contributed by atoms with Gasteiger partial charge in [0.1, 0.15) is 35.1 Å². The van der Waals surface area contributed by atoms with Crippen molar-refractivity contribution in [3.05, 3.63) is 60.9 Å². The molecule has 2 heterocycles. The van der Waals surface area contributed by atoms with Crippen LogP contribution in [0.2, 0.25) is 0 Å². The minimum Gasteiger partial charge on any atom is -0.457 e. The smallest absolute Gasteiger partial charge is 0.410 e. The molecular weight excluding hydrogens is 458 g/mol. The second kappa shape index (κ2) is 10.8. The number of aliphatic hydroxyl groups is 1. The number of benzene rings is 2. The van der Waals surface area contributed by atoms with E-state index in [9.17, 15) is 9.90 Å². The number of ether oxygens (including phenoxy) is 2. The molecule has 0 unspecified atom stereocenters. The highest BCUT2D eigenvalue weighted by molar-refractivity contribution is 5.83. The average molecular weight is 492 g/mol. The summed E-state index contributed by atoms with van der Waals surface area (Å²) >= 11 is 0. The summed E-state index contributed by atoms with van der Waals surface area (Å²) in [6.45, 7) is 6.69. The van der Waals surface area contributed by atoms with Crippen LogP contribution >= 0.6 is 0 Å². The van der Waals surface area contributed by atoms with E-state index in [-0.39, 0.29) is 12.5 Å². The van der Waals surface area contributed by atoms with Gasteiger partial charge in [-0.25, -0.2) is 14.8 Å². The topological polar surface area (TPSA) is 123 Å². The van der Waals surface area contributed by atoms with Crippen molar-refractivity contribution < 1.29 is 19.4 Å². The third-order valence-electron chi connectivity index (χ3n) is 5.90. The first-order chi connectivity index (χ1) is 17.2. The molecule has 1 saturated heterocycles. The molecule has 1 aromatic heterocycles. The lowest BCUT2D eigenvalue weighted by Gasteiger charge is -2.36. The highest BCUT2D eigenvalue weighted by Gasteiger charge is 2.32. The molecule has 0 saturated carbocycles. The van der Waals surface area contributed by atoms with Crippen LogP contribution < -0.4 is 15.8 Å². The fourth-order valence-electron chi connectivity index (χ4n) is 4.07. The number of amides is 1. The minimum atomic E-state index is -0.684. The first-order valence-electron chi connectivity index (χ1n) is 12.0. The molecule has 0 bridgehead atoms. The van der Waals surface area contributed by atoms with Gasteiger partial charge in [-0.2, -0.15) is 0 Å². The number of piperidine rings is 1. The van der Waals surface area contributed by atoms with E-state index >= 15 is 0 Å². The number of para-hydroxylation sites is 1. The maximum atomic E-state index is 12.3. The molecule has 0 radical (unpaired) electrons. The van der Waals surface area contributed by atoms with E-state index in [1.54, 1.807) is 4.90 Å². The second-order valence-electron chi connectivity index (χ2n) is 9.85. The Morgan fingerprint density at radius 1 is 1.11 bits per heavy atom. The fraction of sp³-hybridized carbons (Fsp3) is 0.370. The number of aromatic nitrogens is 2. The van der Waals surface area contributed by atoms with Gasteiger partial charge in [-0.1, -0.05) is 30.3 Å². The van der Waals surface area contributed by atoms with Gasteiger partial charge >= 0.3 is 6.09 Å². The lowest BCUT2D eigenvalue weighted by Crippen LogP contribution is -2.49. The van der Waals surface area contributed by atoms with Gasteiger partial charge < -0.3 is 30.5 Å². The summed E-state index contributed by atoms with van der Waals surface area (Å²) in [7, 11) is 0. The Morgan fingerprint density at radius 2 is 1.81 bits per heavy atom. The Hall–Kier alpha value is -3.85. The summed E-state index contributed by atoms with van der Waals surface area (Å²) < 4.78 is 11.3. The monoisotopic (exact) mass is 491 g/mol. The van der Waals surface area contributed by atoms with E-state index in [4.69, 9.17) is 15.2 Å². The fourth-order valence-corrected chi connectivity index (χ4v) is 4.07. The quantitative estimate of drug-likeness (QED) is 0.459. The molecule has 0 aliphatic carbocycles. The lowest BCUT2D eigenvalue weighted by atomic mass is 9.94. The molecule has 3 aromatic rings. The molecule has 1 aliphatic heterocycles. The van der Waals surface area contributed by atoms with Gasteiger partial charge in [0.15, 0.2) is 0 Å². The van der Waals surface area contributed by atoms with Crippen LogP contribution in [0.5, 0.6) is 11.5 Å². The number of likely N-dealkylation sites (tertiary alicyclic amines) is 1. The summed E-state index contributed by atoms with van der Waals surface area (Å²) in [5.74, 6) is 2.33. The van der Waals surface area contributed by atoms with Gasteiger partial charge in [-0.15, -0.1) is 0 Å². The van der Waals surface area contributed by atoms with Crippen LogP contribution in [0.3, 0.4) is 0 Å². The second-order valence-corrected chi connectivity index (χ2v) is 9.85. The van der Waals surface area contributed by atoms with Crippen LogP contribution in [-0.2, 0) is 4.74 Å². The zero-order chi connectivity index (χ0) is 25.7. The number of anilines is 2. The number of nitrogens with one attached hydrogen (secondary N) is 1. The number of β-amino-alcohol motifs (C(OH)–C–C–N with tert-alkyl or cyclic N) is 1. The molecule has 9 heteroatoms. The van der Waals surface area contributed by atoms with Crippen LogP contribution in [0, 0.1) is 5.92 Å². The number of aliphatic hydroxyl groups excluding tert-OH is 1. The molecular formula is C27H33N5O4. The van der Waals surface area contributed by atoms with Crippen molar-refractivity contribution >= 4 is 17.7 Å². The molecule has 190 valence electrons. The maximum absolute atomic E-state index is 12.3. The van der Waals surface area contributed by atoms with E-state index in [0.29, 0.717) is 42.5 Å². The number of nitrogens with two attached hydrogens (primary N) is 1. The highest BCUT2D eigenvalue weighted by Crippen LogP contribution is 2.33. The lowest BCUT2D eigenvalue weighted by molar-refractivity contribution is -0.0104. The summed E-state index contributed by atoms with van der Waals surface area (Å²) in [4.78, 5) is 22.5. The first-order valence-corrected chi connectivity index (χ1v) is 12.0. The van der Waals surface area contributed by atoms with Gasteiger partial charge in [0.2, 0.25) is 0 Å². The van der Waals surface area contributed by atoms with E-state index < -0.39 is 17.8 Å². The minimum absolute atomic E-state index is 0.0608. The third kappa shape index (κ3) is 6.42. The van der Waals surface area contributed by atoms with Crippen LogP contribution in [0.25, 0.3) is 11.1 Å². The number of carbonyl (C=O) groups is 1. The zero-order valence-corrected chi connectivity index (χ0v) is 20.8. The number of carbonyl (C=O) groups excluding carboxylic acids is 1. The maximum Gasteiger partial charge on any atom is 0.410 e. The number of hydrogen-bond donors (Lipinski definition) is 3. The predicted molar refractivity (Wildman–Crippen MR) is 139 cm³/mol. The Morgan fingerprint density at radius 3 is 2.47 bits per heavy atom. The first kappa shape index (κ1) is 25.2. The van der Waals surface area contributed by atoms with Gasteiger partial charge in [-0.05, 0) is 57.0 Å². The molecule has 1 amide bonds. The summed E-state index contributed by atoms with van der Waals surface area (Å²) in [5.41, 5.74) is 7.18. The molecule has 2 atom stereocenters. The van der Waals surface area contributed by atoms with E-state index in [0.717, 1.165) is 11.3 Å². The van der Waals surface area contributed by atoms with Crippen LogP contribution in [0.1, 0.15) is 27.2 Å². The standard InChI is InChI=1S/C27H33N5O4/c1-27(2,3)36-26(34)32-14-13-19(22(33)16-32)15-29-25-23(24(28)30-17-31-25)18-9-11-21(12-10-18)35-20-7-5-4-6-8-20/h4-12,17,19,22,33H,13-16H2,1-3H3,(H3,28,29,30,31)/t19-,22-/m1/s1. The third-order valence-corrected chi connectivity index (χ3v) is 5.90. The van der Waals surface area contributed by atoms with E-state index in [2.05, 4.69) is 15.3 Å². The Labute approximate surface area is 211 Å². The summed E-state index contributed by atoms with van der Waals surface area (Å²) in [6.07, 6.45) is 0.957. The van der Waals surface area contributed by atoms with Crippen LogP contribution in [0.15, 0.2) is 60.9 Å². The number of nitrogens with zero attached hydrogens (tertiary/aromatic N) is 3. The SMILES string of the molecule is CC(C)(C)OC(=O)N1CC[C@H](CNc2ncnc(N)c2-c2ccc(Oc3ccccc3)cc2)[C@H](O)C1. The van der Waals surface area contributed by atoms with Crippen molar-refractivity contribution in [3.8, 4) is 22.6 Å². The van der Waals surface area contributed by atoms with Gasteiger partial charge in [-0.3, -0.25) is 0 Å². The van der Waals surface area contributed by atoms with Crippen molar-refractivity contribution in [1.82, 2.24) is 14.9 Å². The van der Waals surface area contributed by atoms with Crippen LogP contribution in [-0.4, -0.2) is 57.4 Å².